The predicted octanol–water partition coefficient (Wildman–Crippen LogP) is 4.18. The lowest BCUT2D eigenvalue weighted by Crippen LogP contribution is -2.13. The Morgan fingerprint density at radius 2 is 1.91 bits per heavy atom. The van der Waals surface area contributed by atoms with Crippen molar-refractivity contribution in [3.8, 4) is 17.0 Å². The van der Waals surface area contributed by atoms with Gasteiger partial charge in [-0.15, -0.1) is 0 Å². The fourth-order valence-corrected chi connectivity index (χ4v) is 3.13. The average molecular weight is 441 g/mol. The zero-order valence-electron chi connectivity index (χ0n) is 18.2. The number of aromatic nitrogens is 3. The van der Waals surface area contributed by atoms with Gasteiger partial charge in [0, 0.05) is 47.6 Å². The number of nitrogens with zero attached hydrogens (tertiary/aromatic N) is 3. The number of rotatable bonds is 8. The summed E-state index contributed by atoms with van der Waals surface area (Å²) in [4.78, 5) is 25.7. The number of pyridine rings is 1. The molecular formula is C25H24N6O2. The number of carbonyl (C=O) groups is 1. The van der Waals surface area contributed by atoms with Crippen molar-refractivity contribution in [2.75, 3.05) is 23.8 Å². The summed E-state index contributed by atoms with van der Waals surface area (Å²) < 4.78 is 5.45. The van der Waals surface area contributed by atoms with E-state index in [0.29, 0.717) is 36.1 Å². The number of aryl methyl sites for hydroxylation is 1. The lowest BCUT2D eigenvalue weighted by atomic mass is 10.1. The van der Waals surface area contributed by atoms with E-state index >= 15 is 0 Å². The fourth-order valence-electron chi connectivity index (χ4n) is 3.13. The molecule has 2 aromatic carbocycles. The lowest BCUT2D eigenvalue weighted by Gasteiger charge is -2.12. The smallest absolute Gasteiger partial charge is 0.255 e. The Balaban J connectivity index is 1.47. The predicted molar refractivity (Wildman–Crippen MR) is 129 cm³/mol. The monoisotopic (exact) mass is 440 g/mol. The minimum absolute atomic E-state index is 0.218. The minimum Gasteiger partial charge on any atom is -0.492 e. The van der Waals surface area contributed by atoms with Gasteiger partial charge >= 0.3 is 0 Å². The van der Waals surface area contributed by atoms with Gasteiger partial charge in [0.15, 0.2) is 0 Å². The Bertz CT molecular complexity index is 1230. The SMILES string of the molecule is Cc1ccc(NC(=O)c2ccc(OCCN)cc2)cc1Nc1nccc(-c2cccnc2)n1. The molecule has 4 rings (SSSR count). The van der Waals surface area contributed by atoms with Gasteiger partial charge < -0.3 is 21.1 Å². The summed E-state index contributed by atoms with van der Waals surface area (Å²) >= 11 is 0. The van der Waals surface area contributed by atoms with Gasteiger partial charge in [0.2, 0.25) is 5.95 Å². The van der Waals surface area contributed by atoms with E-state index < -0.39 is 0 Å². The fraction of sp³-hybridized carbons (Fsp3) is 0.120. The van der Waals surface area contributed by atoms with Gasteiger partial charge in [-0.05, 0) is 67.1 Å². The second kappa shape index (κ2) is 10.3. The van der Waals surface area contributed by atoms with Crippen LogP contribution in [0.5, 0.6) is 5.75 Å². The number of nitrogens with two attached hydrogens (primary N) is 1. The van der Waals surface area contributed by atoms with Crippen LogP contribution in [0, 0.1) is 6.92 Å². The summed E-state index contributed by atoms with van der Waals surface area (Å²) in [6, 6.07) is 18.2. The summed E-state index contributed by atoms with van der Waals surface area (Å²) in [6.45, 7) is 2.84. The van der Waals surface area contributed by atoms with Crippen LogP contribution >= 0.6 is 0 Å². The van der Waals surface area contributed by atoms with E-state index in [-0.39, 0.29) is 5.91 Å². The van der Waals surface area contributed by atoms with Crippen molar-refractivity contribution in [3.05, 3.63) is 90.4 Å². The third-order valence-electron chi connectivity index (χ3n) is 4.86. The number of amides is 1. The number of hydrogen-bond acceptors (Lipinski definition) is 7. The first-order chi connectivity index (χ1) is 16.1. The van der Waals surface area contributed by atoms with Crippen LogP contribution in [-0.4, -0.2) is 34.0 Å². The molecule has 2 heterocycles. The summed E-state index contributed by atoms with van der Waals surface area (Å²) in [5.74, 6) is 0.910. The second-order valence-corrected chi connectivity index (χ2v) is 7.28. The van der Waals surface area contributed by atoms with E-state index in [1.807, 2.05) is 43.3 Å². The van der Waals surface area contributed by atoms with E-state index in [9.17, 15) is 4.79 Å². The number of anilines is 3. The van der Waals surface area contributed by atoms with Gasteiger partial charge in [-0.1, -0.05) is 6.07 Å². The number of carbonyl (C=O) groups excluding carboxylic acids is 1. The Morgan fingerprint density at radius 3 is 2.67 bits per heavy atom. The van der Waals surface area contributed by atoms with Crippen LogP contribution in [0.1, 0.15) is 15.9 Å². The van der Waals surface area contributed by atoms with Crippen molar-refractivity contribution in [2.24, 2.45) is 5.73 Å². The van der Waals surface area contributed by atoms with Crippen molar-refractivity contribution in [1.82, 2.24) is 15.0 Å². The third-order valence-corrected chi connectivity index (χ3v) is 4.86. The molecule has 8 nitrogen and oxygen atoms in total. The van der Waals surface area contributed by atoms with Crippen molar-refractivity contribution in [1.29, 1.82) is 0 Å². The first-order valence-electron chi connectivity index (χ1n) is 10.5. The highest BCUT2D eigenvalue weighted by atomic mass is 16.5. The zero-order chi connectivity index (χ0) is 23.0. The molecule has 8 heteroatoms. The highest BCUT2D eigenvalue weighted by molar-refractivity contribution is 6.04. The first-order valence-corrected chi connectivity index (χ1v) is 10.5. The number of hydrogen-bond donors (Lipinski definition) is 3. The molecule has 0 spiro atoms. The Labute approximate surface area is 191 Å². The molecule has 0 aliphatic heterocycles. The molecule has 166 valence electrons. The molecule has 0 aliphatic rings. The molecule has 1 amide bonds. The van der Waals surface area contributed by atoms with Crippen LogP contribution in [0.15, 0.2) is 79.3 Å². The second-order valence-electron chi connectivity index (χ2n) is 7.28. The van der Waals surface area contributed by atoms with E-state index in [2.05, 4.69) is 25.6 Å². The van der Waals surface area contributed by atoms with E-state index in [4.69, 9.17) is 10.5 Å². The van der Waals surface area contributed by atoms with Gasteiger partial charge in [-0.3, -0.25) is 9.78 Å². The molecule has 4 N–H and O–H groups in total. The van der Waals surface area contributed by atoms with Gasteiger partial charge in [0.25, 0.3) is 5.91 Å². The maximum atomic E-state index is 12.7. The largest absolute Gasteiger partial charge is 0.492 e. The van der Waals surface area contributed by atoms with Crippen LogP contribution in [0.3, 0.4) is 0 Å². The summed E-state index contributed by atoms with van der Waals surface area (Å²) in [6.07, 6.45) is 5.17. The number of benzene rings is 2. The van der Waals surface area contributed by atoms with Gasteiger partial charge in [0.05, 0.1) is 5.69 Å². The summed E-state index contributed by atoms with van der Waals surface area (Å²) in [5, 5.41) is 6.16. The molecular weight excluding hydrogens is 416 g/mol. The quantitative estimate of drug-likeness (QED) is 0.376. The Hall–Kier alpha value is -4.30. The van der Waals surface area contributed by atoms with Crippen LogP contribution in [-0.2, 0) is 0 Å². The zero-order valence-corrected chi connectivity index (χ0v) is 18.2. The standard InChI is InChI=1S/C25H24N6O2/c1-17-4-7-20(29-24(32)18-5-8-21(9-6-18)33-14-11-26)15-23(17)31-25-28-13-10-22(30-25)19-3-2-12-27-16-19/h2-10,12-13,15-16H,11,14,26H2,1H3,(H,29,32)(H,28,30,31). The summed E-state index contributed by atoms with van der Waals surface area (Å²) in [7, 11) is 0. The molecule has 0 aliphatic carbocycles. The Kier molecular flexibility index (Phi) is 6.87. The van der Waals surface area contributed by atoms with E-state index in [1.54, 1.807) is 42.9 Å². The van der Waals surface area contributed by atoms with Crippen LogP contribution < -0.4 is 21.1 Å². The van der Waals surface area contributed by atoms with Crippen molar-refractivity contribution in [3.63, 3.8) is 0 Å². The van der Waals surface area contributed by atoms with E-state index in [0.717, 1.165) is 22.5 Å². The van der Waals surface area contributed by atoms with E-state index in [1.165, 1.54) is 0 Å². The highest BCUT2D eigenvalue weighted by Gasteiger charge is 2.09. The molecule has 0 bridgehead atoms. The normalized spacial score (nSPS) is 10.5. The molecule has 0 saturated carbocycles. The first kappa shape index (κ1) is 21.9. The Morgan fingerprint density at radius 1 is 1.06 bits per heavy atom. The summed E-state index contributed by atoms with van der Waals surface area (Å²) in [5.41, 5.74) is 10.1. The molecule has 33 heavy (non-hydrogen) atoms. The van der Waals surface area contributed by atoms with Crippen molar-refractivity contribution < 1.29 is 9.53 Å². The van der Waals surface area contributed by atoms with Gasteiger partial charge in [0.1, 0.15) is 12.4 Å². The van der Waals surface area contributed by atoms with Gasteiger partial charge in [-0.2, -0.15) is 0 Å². The van der Waals surface area contributed by atoms with Crippen LogP contribution in [0.4, 0.5) is 17.3 Å². The third kappa shape index (κ3) is 5.69. The molecule has 0 fully saturated rings. The maximum absolute atomic E-state index is 12.7. The van der Waals surface area contributed by atoms with Gasteiger partial charge in [-0.25, -0.2) is 9.97 Å². The molecule has 2 aromatic heterocycles. The maximum Gasteiger partial charge on any atom is 0.255 e. The highest BCUT2D eigenvalue weighted by Crippen LogP contribution is 2.25. The van der Waals surface area contributed by atoms with Crippen LogP contribution in [0.2, 0.25) is 0 Å². The topological polar surface area (TPSA) is 115 Å². The molecule has 0 saturated heterocycles. The minimum atomic E-state index is -0.218. The number of nitrogens with one attached hydrogen (secondary N) is 2. The lowest BCUT2D eigenvalue weighted by molar-refractivity contribution is 0.102. The molecule has 0 unspecified atom stereocenters. The molecule has 0 atom stereocenters. The average Bonchev–Trinajstić information content (AvgIpc) is 2.86. The van der Waals surface area contributed by atoms with Crippen molar-refractivity contribution >= 4 is 23.2 Å². The molecule has 0 radical (unpaired) electrons. The van der Waals surface area contributed by atoms with Crippen LogP contribution in [0.25, 0.3) is 11.3 Å². The number of ether oxygens (including phenoxy) is 1. The molecule has 4 aromatic rings. The van der Waals surface area contributed by atoms with Crippen molar-refractivity contribution in [2.45, 2.75) is 6.92 Å².